The maximum atomic E-state index is 12.7. The molecule has 0 aromatic rings. The molecule has 6 heteroatoms. The molecular weight excluding hydrogens is 721 g/mol. The molecule has 6 nitrogen and oxygen atoms in total. The maximum absolute atomic E-state index is 12.7. The van der Waals surface area contributed by atoms with Crippen LogP contribution in [0.4, 0.5) is 0 Å². The molecule has 0 rings (SSSR count). The van der Waals surface area contributed by atoms with Gasteiger partial charge in [-0.2, -0.15) is 0 Å². The molecule has 0 heterocycles. The number of esters is 3. The molecule has 338 valence electrons. The van der Waals surface area contributed by atoms with Crippen molar-refractivity contribution < 1.29 is 28.6 Å². The fourth-order valence-corrected chi connectivity index (χ4v) is 7.10. The molecule has 1 atom stereocenters. The Kier molecular flexibility index (Phi) is 45.4. The Balaban J connectivity index is 4.15. The Morgan fingerprint density at radius 3 is 0.966 bits per heavy atom. The molecule has 0 aliphatic rings. The molecule has 0 aromatic carbocycles. The van der Waals surface area contributed by atoms with E-state index < -0.39 is 6.10 Å². The third-order valence-electron chi connectivity index (χ3n) is 10.9. The second-order valence-corrected chi connectivity index (χ2v) is 16.7. The summed E-state index contributed by atoms with van der Waals surface area (Å²) in [7, 11) is 0. The monoisotopic (exact) mass is 815 g/mol. The first-order valence-corrected chi connectivity index (χ1v) is 25.0. The lowest BCUT2D eigenvalue weighted by Crippen LogP contribution is -2.30. The van der Waals surface area contributed by atoms with Crippen molar-refractivity contribution in [3.8, 4) is 0 Å². The maximum Gasteiger partial charge on any atom is 0.306 e. The Hall–Kier alpha value is -2.37. The Bertz CT molecular complexity index is 984. The summed E-state index contributed by atoms with van der Waals surface area (Å²) in [5, 5.41) is 0. The molecular formula is C52H94O6. The van der Waals surface area contributed by atoms with Gasteiger partial charge in [0.05, 0.1) is 0 Å². The summed E-state index contributed by atoms with van der Waals surface area (Å²) < 4.78 is 16.7. The summed E-state index contributed by atoms with van der Waals surface area (Å²) in [6, 6.07) is 0. The van der Waals surface area contributed by atoms with Gasteiger partial charge in [0.25, 0.3) is 0 Å². The molecule has 0 saturated heterocycles. The van der Waals surface area contributed by atoms with Gasteiger partial charge in [0.2, 0.25) is 0 Å². The highest BCUT2D eigenvalue weighted by Gasteiger charge is 2.19. The number of unbranched alkanes of at least 4 members (excludes halogenated alkanes) is 28. The Morgan fingerprint density at radius 2 is 0.621 bits per heavy atom. The number of rotatable bonds is 45. The highest BCUT2D eigenvalue weighted by atomic mass is 16.6. The predicted octanol–water partition coefficient (Wildman–Crippen LogP) is 16.1. The minimum absolute atomic E-state index is 0.0720. The molecule has 0 saturated carbocycles. The molecule has 0 spiro atoms. The van der Waals surface area contributed by atoms with E-state index in [-0.39, 0.29) is 31.1 Å². The van der Waals surface area contributed by atoms with Crippen molar-refractivity contribution in [3.05, 3.63) is 36.5 Å². The van der Waals surface area contributed by atoms with Crippen LogP contribution in [0.3, 0.4) is 0 Å². The number of carbonyl (C=O) groups excluding carboxylic acids is 3. The van der Waals surface area contributed by atoms with Crippen molar-refractivity contribution in [3.63, 3.8) is 0 Å². The number of carbonyl (C=O) groups is 3. The van der Waals surface area contributed by atoms with Crippen LogP contribution in [-0.4, -0.2) is 37.2 Å². The van der Waals surface area contributed by atoms with Crippen molar-refractivity contribution in [2.24, 2.45) is 0 Å². The molecule has 0 aliphatic heterocycles. The zero-order valence-electron chi connectivity index (χ0n) is 38.6. The van der Waals surface area contributed by atoms with Crippen molar-refractivity contribution in [2.45, 2.75) is 264 Å². The largest absolute Gasteiger partial charge is 0.462 e. The van der Waals surface area contributed by atoms with Gasteiger partial charge in [-0.1, -0.05) is 218 Å². The van der Waals surface area contributed by atoms with Crippen LogP contribution in [-0.2, 0) is 28.6 Å². The van der Waals surface area contributed by atoms with Gasteiger partial charge in [0.1, 0.15) is 13.2 Å². The Labute approximate surface area is 359 Å². The average Bonchev–Trinajstić information content (AvgIpc) is 3.22. The van der Waals surface area contributed by atoms with E-state index in [1.54, 1.807) is 0 Å². The molecule has 0 aliphatic carbocycles. The van der Waals surface area contributed by atoms with Crippen molar-refractivity contribution in [2.75, 3.05) is 13.2 Å². The standard InChI is InChI=1S/C52H94O6/c1-4-7-10-13-16-18-20-21-22-23-24-25-26-27-28-29-30-31-32-34-36-39-42-45-51(54)57-48-49(47-56-50(53)44-41-38-35-15-12-9-6-3)58-52(55)46-43-40-37-33-19-17-14-11-8-5-2/h20-21,23-24,26-27,49H,4-19,22,25,28-48H2,1-3H3/b21-20-,24-23-,27-26-. The van der Waals surface area contributed by atoms with Gasteiger partial charge in [-0.3, -0.25) is 14.4 Å². The normalized spacial score (nSPS) is 12.3. The quantitative estimate of drug-likeness (QED) is 0.0264. The minimum atomic E-state index is -0.767. The fraction of sp³-hybridized carbons (Fsp3) is 0.827. The SMILES string of the molecule is CCCCCCC/C=C\C/C=C\C/C=C\CCCCCCCCCCC(=O)OCC(COC(=O)CCCCCCCCC)OC(=O)CCCCCCCCCCCC. The van der Waals surface area contributed by atoms with Gasteiger partial charge >= 0.3 is 17.9 Å². The van der Waals surface area contributed by atoms with Gasteiger partial charge < -0.3 is 14.2 Å². The van der Waals surface area contributed by atoms with Crippen LogP contribution in [0.15, 0.2) is 36.5 Å². The zero-order chi connectivity index (χ0) is 42.3. The van der Waals surface area contributed by atoms with Gasteiger partial charge in [0, 0.05) is 19.3 Å². The topological polar surface area (TPSA) is 78.9 Å². The van der Waals surface area contributed by atoms with Gasteiger partial charge in [-0.05, 0) is 57.8 Å². The summed E-state index contributed by atoms with van der Waals surface area (Å²) in [4.78, 5) is 37.6. The van der Waals surface area contributed by atoms with Crippen molar-refractivity contribution in [1.82, 2.24) is 0 Å². The molecule has 0 aromatic heterocycles. The van der Waals surface area contributed by atoms with Crippen LogP contribution >= 0.6 is 0 Å². The fourth-order valence-electron chi connectivity index (χ4n) is 7.10. The van der Waals surface area contributed by atoms with E-state index >= 15 is 0 Å². The molecule has 0 fully saturated rings. The number of hydrogen-bond acceptors (Lipinski definition) is 6. The van der Waals surface area contributed by atoms with Crippen LogP contribution in [0.1, 0.15) is 258 Å². The summed E-state index contributed by atoms with van der Waals surface area (Å²) in [5.41, 5.74) is 0. The van der Waals surface area contributed by atoms with Crippen molar-refractivity contribution >= 4 is 17.9 Å². The van der Waals surface area contributed by atoms with E-state index in [4.69, 9.17) is 14.2 Å². The van der Waals surface area contributed by atoms with E-state index in [1.807, 2.05) is 0 Å². The summed E-state index contributed by atoms with van der Waals surface area (Å²) in [6.45, 7) is 6.57. The van der Waals surface area contributed by atoms with Crippen LogP contribution in [0.5, 0.6) is 0 Å². The summed E-state index contributed by atoms with van der Waals surface area (Å²) in [6.07, 6.45) is 54.3. The van der Waals surface area contributed by atoms with Gasteiger partial charge in [-0.25, -0.2) is 0 Å². The highest BCUT2D eigenvalue weighted by molar-refractivity contribution is 5.71. The van der Waals surface area contributed by atoms with E-state index in [0.29, 0.717) is 19.3 Å². The van der Waals surface area contributed by atoms with E-state index in [1.165, 1.54) is 141 Å². The molecule has 0 bridgehead atoms. The lowest BCUT2D eigenvalue weighted by atomic mass is 10.1. The number of allylic oxidation sites excluding steroid dienone is 6. The second-order valence-electron chi connectivity index (χ2n) is 16.7. The average molecular weight is 815 g/mol. The first kappa shape index (κ1) is 55.6. The molecule has 0 radical (unpaired) electrons. The van der Waals surface area contributed by atoms with Gasteiger partial charge in [-0.15, -0.1) is 0 Å². The zero-order valence-corrected chi connectivity index (χ0v) is 38.6. The molecule has 58 heavy (non-hydrogen) atoms. The lowest BCUT2D eigenvalue weighted by molar-refractivity contribution is -0.167. The van der Waals surface area contributed by atoms with Crippen molar-refractivity contribution in [1.29, 1.82) is 0 Å². The molecule has 1 unspecified atom stereocenters. The Morgan fingerprint density at radius 1 is 0.345 bits per heavy atom. The first-order chi connectivity index (χ1) is 28.5. The lowest BCUT2D eigenvalue weighted by Gasteiger charge is -2.18. The highest BCUT2D eigenvalue weighted by Crippen LogP contribution is 2.15. The van der Waals surface area contributed by atoms with E-state index in [0.717, 1.165) is 77.0 Å². The van der Waals surface area contributed by atoms with Crippen LogP contribution < -0.4 is 0 Å². The van der Waals surface area contributed by atoms with Crippen LogP contribution in [0.25, 0.3) is 0 Å². The minimum Gasteiger partial charge on any atom is -0.462 e. The first-order valence-electron chi connectivity index (χ1n) is 25.0. The van der Waals surface area contributed by atoms with Gasteiger partial charge in [0.15, 0.2) is 6.10 Å². The summed E-state index contributed by atoms with van der Waals surface area (Å²) >= 11 is 0. The molecule has 0 N–H and O–H groups in total. The molecule has 0 amide bonds. The number of ether oxygens (including phenoxy) is 3. The van der Waals surface area contributed by atoms with Crippen LogP contribution in [0.2, 0.25) is 0 Å². The number of hydrogen-bond donors (Lipinski definition) is 0. The third-order valence-corrected chi connectivity index (χ3v) is 10.9. The van der Waals surface area contributed by atoms with E-state index in [9.17, 15) is 14.4 Å². The third kappa shape index (κ3) is 44.7. The summed E-state index contributed by atoms with van der Waals surface area (Å²) in [5.74, 6) is -0.882. The second kappa shape index (κ2) is 47.3. The van der Waals surface area contributed by atoms with E-state index in [2.05, 4.69) is 57.2 Å². The predicted molar refractivity (Wildman–Crippen MR) is 247 cm³/mol. The smallest absolute Gasteiger partial charge is 0.306 e. The van der Waals surface area contributed by atoms with Crippen LogP contribution in [0, 0.1) is 0 Å².